The highest BCUT2D eigenvalue weighted by molar-refractivity contribution is 7.89. The topological polar surface area (TPSA) is 110 Å². The molecule has 0 atom stereocenters. The maximum Gasteiger partial charge on any atom is 0.279 e. The van der Waals surface area contributed by atoms with Gasteiger partial charge in [0.05, 0.1) is 4.90 Å². The number of hydrogen-bond donors (Lipinski definition) is 2. The van der Waals surface area contributed by atoms with Gasteiger partial charge in [0.1, 0.15) is 0 Å². The summed E-state index contributed by atoms with van der Waals surface area (Å²) in [5.74, 6) is 0. The molecule has 0 bridgehead atoms. The summed E-state index contributed by atoms with van der Waals surface area (Å²) >= 11 is 0. The van der Waals surface area contributed by atoms with E-state index in [-0.39, 0.29) is 11.4 Å². The average Bonchev–Trinajstić information content (AvgIpc) is 2.25. The maximum atomic E-state index is 11.5. The van der Waals surface area contributed by atoms with Crippen molar-refractivity contribution in [3.8, 4) is 0 Å². The van der Waals surface area contributed by atoms with E-state index < -0.39 is 20.2 Å². The largest absolute Gasteiger partial charge is 0.279 e. The molecule has 7 nitrogen and oxygen atoms in total. The summed E-state index contributed by atoms with van der Waals surface area (Å²) in [5, 5.41) is 4.98. The molecule has 0 aliphatic heterocycles. The van der Waals surface area contributed by atoms with Gasteiger partial charge in [0.25, 0.3) is 10.2 Å². The number of nitrogens with zero attached hydrogens (tertiary/aromatic N) is 1. The molecule has 0 amide bonds. The highest BCUT2D eigenvalue weighted by Gasteiger charge is 2.13. The van der Waals surface area contributed by atoms with Crippen LogP contribution in [0.3, 0.4) is 0 Å². The van der Waals surface area contributed by atoms with Gasteiger partial charge in [0.2, 0.25) is 10.0 Å². The molecule has 0 aliphatic carbocycles. The van der Waals surface area contributed by atoms with E-state index in [0.717, 1.165) is 4.31 Å². The van der Waals surface area contributed by atoms with E-state index in [0.29, 0.717) is 5.56 Å². The minimum absolute atomic E-state index is 0.0100. The lowest BCUT2D eigenvalue weighted by molar-refractivity contribution is 0.505. The summed E-state index contributed by atoms with van der Waals surface area (Å²) < 4.78 is 48.5. The Morgan fingerprint density at radius 1 is 1.22 bits per heavy atom. The Bertz CT molecular complexity index is 623. The van der Waals surface area contributed by atoms with Crippen LogP contribution in [0.4, 0.5) is 0 Å². The van der Waals surface area contributed by atoms with Crippen LogP contribution in [-0.2, 0) is 26.8 Å². The molecular formula is C9H15N3O4S2. The molecule has 0 saturated carbocycles. The smallest absolute Gasteiger partial charge is 0.225 e. The van der Waals surface area contributed by atoms with Crippen molar-refractivity contribution in [2.24, 2.45) is 5.14 Å². The molecule has 0 fully saturated rings. The lowest BCUT2D eigenvalue weighted by Crippen LogP contribution is -2.35. The fraction of sp³-hybridized carbons (Fsp3) is 0.333. The van der Waals surface area contributed by atoms with Gasteiger partial charge >= 0.3 is 0 Å². The van der Waals surface area contributed by atoms with E-state index in [9.17, 15) is 16.8 Å². The fourth-order valence-corrected chi connectivity index (χ4v) is 2.33. The van der Waals surface area contributed by atoms with Gasteiger partial charge in [-0.3, -0.25) is 0 Å². The summed E-state index contributed by atoms with van der Waals surface area (Å²) in [6.45, 7) is -0.0100. The first-order valence-corrected chi connectivity index (χ1v) is 7.90. The zero-order valence-electron chi connectivity index (χ0n) is 9.99. The Hall–Kier alpha value is -1.00. The van der Waals surface area contributed by atoms with E-state index in [1.807, 2.05) is 0 Å². The van der Waals surface area contributed by atoms with Crippen LogP contribution in [0.15, 0.2) is 29.2 Å². The van der Waals surface area contributed by atoms with Crippen LogP contribution < -0.4 is 9.86 Å². The van der Waals surface area contributed by atoms with Crippen LogP contribution in [0.2, 0.25) is 0 Å². The average molecular weight is 293 g/mol. The molecule has 3 N–H and O–H groups in total. The number of nitrogens with two attached hydrogens (primary N) is 1. The SMILES string of the molecule is CN(C)S(=O)(=O)NCc1cccc(S(N)(=O)=O)c1. The molecular weight excluding hydrogens is 278 g/mol. The zero-order valence-corrected chi connectivity index (χ0v) is 11.6. The number of rotatable bonds is 5. The molecule has 1 aromatic rings. The fourth-order valence-electron chi connectivity index (χ4n) is 1.14. The van der Waals surface area contributed by atoms with Crippen molar-refractivity contribution in [2.75, 3.05) is 14.1 Å². The van der Waals surface area contributed by atoms with Crippen LogP contribution >= 0.6 is 0 Å². The van der Waals surface area contributed by atoms with Crippen LogP contribution in [0.25, 0.3) is 0 Å². The molecule has 102 valence electrons. The van der Waals surface area contributed by atoms with Gasteiger partial charge in [-0.2, -0.15) is 17.4 Å². The molecule has 0 unspecified atom stereocenters. The standard InChI is InChI=1S/C9H15N3O4S2/c1-12(2)18(15,16)11-7-8-4-3-5-9(6-8)17(10,13)14/h3-6,11H,7H2,1-2H3,(H2,10,13,14). The predicted octanol–water partition coefficient (Wildman–Crippen LogP) is -0.770. The predicted molar refractivity (Wildman–Crippen MR) is 67.3 cm³/mol. The number of hydrogen-bond acceptors (Lipinski definition) is 4. The Morgan fingerprint density at radius 3 is 2.33 bits per heavy atom. The summed E-state index contributed by atoms with van der Waals surface area (Å²) in [4.78, 5) is -0.0518. The quantitative estimate of drug-likeness (QED) is 0.742. The third-order valence-corrected chi connectivity index (χ3v) is 4.55. The first kappa shape index (κ1) is 15.1. The molecule has 0 heterocycles. The molecule has 9 heteroatoms. The lowest BCUT2D eigenvalue weighted by Gasteiger charge is -2.12. The van der Waals surface area contributed by atoms with Gasteiger partial charge in [-0.05, 0) is 17.7 Å². The highest BCUT2D eigenvalue weighted by atomic mass is 32.2. The van der Waals surface area contributed by atoms with Crippen molar-refractivity contribution in [1.82, 2.24) is 9.03 Å². The molecule has 0 aromatic heterocycles. The summed E-state index contributed by atoms with van der Waals surface area (Å²) in [5.41, 5.74) is 0.506. The Morgan fingerprint density at radius 2 is 1.83 bits per heavy atom. The van der Waals surface area contributed by atoms with Gasteiger partial charge in [-0.25, -0.2) is 13.6 Å². The second-order valence-electron chi connectivity index (χ2n) is 3.80. The van der Waals surface area contributed by atoms with Gasteiger partial charge < -0.3 is 0 Å². The number of sulfonamides is 1. The van der Waals surface area contributed by atoms with Crippen LogP contribution in [0.5, 0.6) is 0 Å². The zero-order chi connectivity index (χ0) is 14.0. The third-order valence-electron chi connectivity index (χ3n) is 2.17. The Balaban J connectivity index is 2.88. The van der Waals surface area contributed by atoms with Gasteiger partial charge in [0.15, 0.2) is 0 Å². The first-order valence-electron chi connectivity index (χ1n) is 4.92. The Kier molecular flexibility index (Phi) is 4.46. The van der Waals surface area contributed by atoms with Crippen LogP contribution in [0.1, 0.15) is 5.56 Å². The van der Waals surface area contributed by atoms with Gasteiger partial charge in [-0.1, -0.05) is 12.1 Å². The second-order valence-corrected chi connectivity index (χ2v) is 7.33. The first-order chi connectivity index (χ1) is 8.13. The Labute approximate surface area is 107 Å². The van der Waals surface area contributed by atoms with E-state index in [1.54, 1.807) is 6.07 Å². The van der Waals surface area contributed by atoms with Crippen molar-refractivity contribution in [1.29, 1.82) is 0 Å². The van der Waals surface area contributed by atoms with E-state index in [1.165, 1.54) is 32.3 Å². The van der Waals surface area contributed by atoms with Crippen molar-refractivity contribution < 1.29 is 16.8 Å². The third kappa shape index (κ3) is 4.03. The molecule has 18 heavy (non-hydrogen) atoms. The minimum atomic E-state index is -3.78. The molecule has 0 aliphatic rings. The van der Waals surface area contributed by atoms with Crippen molar-refractivity contribution in [2.45, 2.75) is 11.4 Å². The highest BCUT2D eigenvalue weighted by Crippen LogP contribution is 2.09. The van der Waals surface area contributed by atoms with E-state index >= 15 is 0 Å². The summed E-state index contributed by atoms with van der Waals surface area (Å²) in [7, 11) is -4.54. The molecule has 0 radical (unpaired) electrons. The van der Waals surface area contributed by atoms with Crippen molar-refractivity contribution in [3.63, 3.8) is 0 Å². The van der Waals surface area contributed by atoms with E-state index in [4.69, 9.17) is 5.14 Å². The summed E-state index contributed by atoms with van der Waals surface area (Å²) in [6.07, 6.45) is 0. The summed E-state index contributed by atoms with van der Waals surface area (Å²) in [6, 6.07) is 5.78. The van der Waals surface area contributed by atoms with Crippen LogP contribution in [0, 0.1) is 0 Å². The number of primary sulfonamides is 1. The van der Waals surface area contributed by atoms with Gasteiger partial charge in [-0.15, -0.1) is 0 Å². The number of nitrogens with one attached hydrogen (secondary N) is 1. The van der Waals surface area contributed by atoms with Crippen molar-refractivity contribution in [3.05, 3.63) is 29.8 Å². The van der Waals surface area contributed by atoms with Crippen LogP contribution in [-0.4, -0.2) is 35.2 Å². The molecule has 0 saturated heterocycles. The van der Waals surface area contributed by atoms with Gasteiger partial charge in [0, 0.05) is 20.6 Å². The number of benzene rings is 1. The molecule has 1 rings (SSSR count). The monoisotopic (exact) mass is 293 g/mol. The molecule has 0 spiro atoms. The minimum Gasteiger partial charge on any atom is -0.225 e. The maximum absolute atomic E-state index is 11.5. The van der Waals surface area contributed by atoms with Crippen molar-refractivity contribution >= 4 is 20.2 Å². The molecule has 1 aromatic carbocycles. The normalized spacial score (nSPS) is 12.9. The second kappa shape index (κ2) is 5.33. The lowest BCUT2D eigenvalue weighted by atomic mass is 10.2. The van der Waals surface area contributed by atoms with E-state index in [2.05, 4.69) is 4.72 Å².